The number of para-hydroxylation sites is 2. The van der Waals surface area contributed by atoms with Crippen molar-refractivity contribution in [2.24, 2.45) is 0 Å². The Kier molecular flexibility index (Phi) is 4.16. The van der Waals surface area contributed by atoms with Gasteiger partial charge in [0.25, 0.3) is 5.91 Å². The number of ether oxygens (including phenoxy) is 1. The second kappa shape index (κ2) is 6.26. The molecule has 1 heterocycles. The van der Waals surface area contributed by atoms with E-state index in [1.165, 1.54) is 13.2 Å². The molecule has 0 radical (unpaired) electrons. The summed E-state index contributed by atoms with van der Waals surface area (Å²) in [5.74, 6) is -0.0901. The second-order valence-electron chi connectivity index (χ2n) is 4.76. The average Bonchev–Trinajstić information content (AvgIpc) is 2.55. The molecule has 0 unspecified atom stereocenters. The van der Waals surface area contributed by atoms with Crippen molar-refractivity contribution in [1.82, 2.24) is 0 Å². The van der Waals surface area contributed by atoms with E-state index in [-0.39, 0.29) is 5.56 Å². The van der Waals surface area contributed by atoms with Crippen LogP contribution in [0.25, 0.3) is 11.0 Å². The minimum Gasteiger partial charge on any atom is -0.493 e. The molecule has 1 aromatic heterocycles. The number of halogens is 1. The Morgan fingerprint density at radius 1 is 1.17 bits per heavy atom. The summed E-state index contributed by atoms with van der Waals surface area (Å²) in [5.41, 5.74) is 0.105. The van der Waals surface area contributed by atoms with Crippen LogP contribution in [-0.2, 0) is 0 Å². The van der Waals surface area contributed by atoms with Gasteiger partial charge in [0.2, 0.25) is 0 Å². The molecule has 0 aliphatic carbocycles. The van der Waals surface area contributed by atoms with E-state index in [0.29, 0.717) is 22.4 Å². The first-order chi connectivity index (χ1) is 11.1. The third kappa shape index (κ3) is 2.98. The Labute approximate surface area is 140 Å². The number of anilines is 1. The molecule has 3 rings (SSSR count). The van der Waals surface area contributed by atoms with E-state index >= 15 is 0 Å². The Morgan fingerprint density at radius 3 is 2.70 bits per heavy atom. The van der Waals surface area contributed by atoms with E-state index in [4.69, 9.17) is 9.15 Å². The van der Waals surface area contributed by atoms with Crippen LogP contribution in [0.15, 0.2) is 62.2 Å². The Balaban J connectivity index is 2.03. The Bertz CT molecular complexity index is 949. The zero-order valence-corrected chi connectivity index (χ0v) is 13.7. The molecule has 0 spiro atoms. The molecular weight excluding hydrogens is 362 g/mol. The maximum atomic E-state index is 12.4. The van der Waals surface area contributed by atoms with Gasteiger partial charge in [-0.3, -0.25) is 4.79 Å². The van der Waals surface area contributed by atoms with E-state index in [1.54, 1.807) is 36.4 Å². The van der Waals surface area contributed by atoms with Gasteiger partial charge in [-0.05, 0) is 40.2 Å². The summed E-state index contributed by atoms with van der Waals surface area (Å²) in [5, 5.41) is 3.30. The highest BCUT2D eigenvalue weighted by Crippen LogP contribution is 2.25. The maximum Gasteiger partial charge on any atom is 0.349 e. The van der Waals surface area contributed by atoms with Gasteiger partial charge in [0.05, 0.1) is 12.8 Å². The zero-order chi connectivity index (χ0) is 16.4. The number of methoxy groups -OCH3 is 1. The molecule has 23 heavy (non-hydrogen) atoms. The topological polar surface area (TPSA) is 68.5 Å². The fourth-order valence-corrected chi connectivity index (χ4v) is 2.57. The van der Waals surface area contributed by atoms with Crippen molar-refractivity contribution in [2.45, 2.75) is 0 Å². The smallest absolute Gasteiger partial charge is 0.349 e. The Hall–Kier alpha value is -2.60. The van der Waals surface area contributed by atoms with Crippen molar-refractivity contribution < 1.29 is 13.9 Å². The number of benzene rings is 2. The molecule has 0 bridgehead atoms. The highest BCUT2D eigenvalue weighted by Gasteiger charge is 2.16. The predicted octanol–water partition coefficient (Wildman–Crippen LogP) is 3.82. The largest absolute Gasteiger partial charge is 0.493 e. The van der Waals surface area contributed by atoms with Crippen molar-refractivity contribution in [3.8, 4) is 5.75 Å². The molecule has 2 aromatic carbocycles. The van der Waals surface area contributed by atoms with Crippen LogP contribution in [0, 0.1) is 0 Å². The number of amides is 1. The maximum absolute atomic E-state index is 12.4. The average molecular weight is 374 g/mol. The van der Waals surface area contributed by atoms with Gasteiger partial charge in [0.1, 0.15) is 5.56 Å². The van der Waals surface area contributed by atoms with Gasteiger partial charge in [0, 0.05) is 9.86 Å². The summed E-state index contributed by atoms with van der Waals surface area (Å²) in [6.07, 6.45) is 0. The first-order valence-corrected chi connectivity index (χ1v) is 7.56. The van der Waals surface area contributed by atoms with Gasteiger partial charge in [-0.15, -0.1) is 0 Å². The standard InChI is InChI=1S/C17H12BrNO4/c1-22-14-8-4-5-10-9-11(17(21)23-15(10)14)16(20)19-13-7-3-2-6-12(13)18/h2-9H,1H3,(H,19,20). The molecule has 116 valence electrons. The summed E-state index contributed by atoms with van der Waals surface area (Å²) >= 11 is 3.34. The summed E-state index contributed by atoms with van der Waals surface area (Å²) in [6, 6.07) is 13.8. The van der Waals surface area contributed by atoms with Crippen molar-refractivity contribution in [3.05, 3.63) is 69.0 Å². The van der Waals surface area contributed by atoms with Gasteiger partial charge >= 0.3 is 5.63 Å². The number of fused-ring (bicyclic) bond motifs is 1. The van der Waals surface area contributed by atoms with Crippen LogP contribution >= 0.6 is 15.9 Å². The number of carbonyl (C=O) groups excluding carboxylic acids is 1. The first-order valence-electron chi connectivity index (χ1n) is 6.77. The lowest BCUT2D eigenvalue weighted by Crippen LogP contribution is -2.20. The van der Waals surface area contributed by atoms with Crippen LogP contribution in [0.2, 0.25) is 0 Å². The first kappa shape index (κ1) is 15.3. The fraction of sp³-hybridized carbons (Fsp3) is 0.0588. The minimum atomic E-state index is -0.716. The lowest BCUT2D eigenvalue weighted by atomic mass is 10.1. The zero-order valence-electron chi connectivity index (χ0n) is 12.1. The van der Waals surface area contributed by atoms with Gasteiger partial charge in [0.15, 0.2) is 11.3 Å². The molecule has 0 saturated carbocycles. The van der Waals surface area contributed by atoms with Crippen molar-refractivity contribution >= 4 is 38.5 Å². The molecule has 0 aliphatic rings. The molecule has 0 fully saturated rings. The Morgan fingerprint density at radius 2 is 1.96 bits per heavy atom. The summed E-state index contributed by atoms with van der Waals surface area (Å²) < 4.78 is 11.1. The van der Waals surface area contributed by atoms with E-state index in [2.05, 4.69) is 21.2 Å². The summed E-state index contributed by atoms with van der Waals surface area (Å²) in [4.78, 5) is 24.5. The number of nitrogens with one attached hydrogen (secondary N) is 1. The van der Waals surface area contributed by atoms with Gasteiger partial charge < -0.3 is 14.5 Å². The molecule has 1 amide bonds. The van der Waals surface area contributed by atoms with Crippen LogP contribution in [0.1, 0.15) is 10.4 Å². The fourth-order valence-electron chi connectivity index (χ4n) is 2.19. The normalized spacial score (nSPS) is 10.5. The van der Waals surface area contributed by atoms with Crippen LogP contribution in [0.5, 0.6) is 5.75 Å². The van der Waals surface area contributed by atoms with Crippen LogP contribution < -0.4 is 15.7 Å². The highest BCUT2D eigenvalue weighted by molar-refractivity contribution is 9.10. The van der Waals surface area contributed by atoms with Crippen LogP contribution in [-0.4, -0.2) is 13.0 Å². The highest BCUT2D eigenvalue weighted by atomic mass is 79.9. The van der Waals surface area contributed by atoms with E-state index in [1.807, 2.05) is 6.07 Å². The summed E-state index contributed by atoms with van der Waals surface area (Å²) in [7, 11) is 1.49. The van der Waals surface area contributed by atoms with E-state index in [9.17, 15) is 9.59 Å². The molecule has 0 aliphatic heterocycles. The predicted molar refractivity (Wildman–Crippen MR) is 91.1 cm³/mol. The molecular formula is C17H12BrNO4. The molecule has 5 nitrogen and oxygen atoms in total. The lowest BCUT2D eigenvalue weighted by Gasteiger charge is -2.08. The molecule has 1 N–H and O–H groups in total. The number of hydrogen-bond acceptors (Lipinski definition) is 4. The van der Waals surface area contributed by atoms with Crippen molar-refractivity contribution in [1.29, 1.82) is 0 Å². The van der Waals surface area contributed by atoms with E-state index in [0.717, 1.165) is 4.47 Å². The quantitative estimate of drug-likeness (QED) is 0.708. The lowest BCUT2D eigenvalue weighted by molar-refractivity contribution is 0.102. The number of hydrogen-bond donors (Lipinski definition) is 1. The van der Waals surface area contributed by atoms with Crippen molar-refractivity contribution in [2.75, 3.05) is 12.4 Å². The SMILES string of the molecule is COc1cccc2cc(C(=O)Nc3ccccc3Br)c(=O)oc12. The van der Waals surface area contributed by atoms with Crippen LogP contribution in [0.3, 0.4) is 0 Å². The van der Waals surface area contributed by atoms with Gasteiger partial charge in [-0.25, -0.2) is 4.79 Å². The molecule has 0 atom stereocenters. The molecule has 0 saturated heterocycles. The third-order valence-electron chi connectivity index (χ3n) is 3.31. The monoisotopic (exact) mass is 373 g/mol. The molecule has 6 heteroatoms. The van der Waals surface area contributed by atoms with Gasteiger partial charge in [-0.2, -0.15) is 0 Å². The second-order valence-corrected chi connectivity index (χ2v) is 5.61. The summed E-state index contributed by atoms with van der Waals surface area (Å²) in [6.45, 7) is 0. The van der Waals surface area contributed by atoms with Gasteiger partial charge in [-0.1, -0.05) is 24.3 Å². The minimum absolute atomic E-state index is 0.0680. The number of carbonyl (C=O) groups is 1. The molecule has 3 aromatic rings. The van der Waals surface area contributed by atoms with E-state index < -0.39 is 11.5 Å². The number of rotatable bonds is 3. The third-order valence-corrected chi connectivity index (χ3v) is 4.00. The van der Waals surface area contributed by atoms with Crippen molar-refractivity contribution in [3.63, 3.8) is 0 Å². The van der Waals surface area contributed by atoms with Crippen LogP contribution in [0.4, 0.5) is 5.69 Å².